The molecule has 0 aliphatic carbocycles. The highest BCUT2D eigenvalue weighted by molar-refractivity contribution is 5.69. The summed E-state index contributed by atoms with van der Waals surface area (Å²) >= 11 is 0. The van der Waals surface area contributed by atoms with Crippen molar-refractivity contribution in [3.63, 3.8) is 0 Å². The van der Waals surface area contributed by atoms with Gasteiger partial charge in [-0.1, -0.05) is 147 Å². The minimum Gasteiger partial charge on any atom is -0.457 e. The van der Waals surface area contributed by atoms with Crippen LogP contribution in [0.4, 0.5) is 0 Å². The summed E-state index contributed by atoms with van der Waals surface area (Å²) in [5, 5.41) is 40.1. The number of hydrogen-bond acceptors (Lipinski definition) is 9. The van der Waals surface area contributed by atoms with Crippen LogP contribution in [-0.2, 0) is 23.7 Å². The first-order valence-electron chi connectivity index (χ1n) is 22.6. The van der Waals surface area contributed by atoms with Crippen LogP contribution in [0.5, 0.6) is 0 Å². The average molecular weight is 781 g/mol. The molecule has 6 unspecified atom stereocenters. The highest BCUT2D eigenvalue weighted by Crippen LogP contribution is 2.22. The molecule has 1 saturated heterocycles. The molecule has 1 aliphatic heterocycles. The SMILES string of the molecule is CCCCC/C=C\C/C=C\CCCCCCCCCC(=O)OC(COCCCCCCCC/C=C\CCCCCCC)COC1OC(CO)C(O)C(O)C1O. The Hall–Kier alpha value is -1.59. The van der Waals surface area contributed by atoms with Crippen molar-refractivity contribution in [2.24, 2.45) is 0 Å². The highest BCUT2D eigenvalue weighted by Gasteiger charge is 2.44. The van der Waals surface area contributed by atoms with Gasteiger partial charge in [0.05, 0.1) is 19.8 Å². The Morgan fingerprint density at radius 3 is 1.62 bits per heavy atom. The molecule has 4 N–H and O–H groups in total. The summed E-state index contributed by atoms with van der Waals surface area (Å²) in [6.45, 7) is 4.51. The molecule has 1 fully saturated rings. The van der Waals surface area contributed by atoms with E-state index >= 15 is 0 Å². The number of unbranched alkanes of at least 4 members (excludes halogenated alkanes) is 21. The molecule has 0 aromatic heterocycles. The third-order valence-corrected chi connectivity index (χ3v) is 10.3. The van der Waals surface area contributed by atoms with Gasteiger partial charge in [-0.3, -0.25) is 4.79 Å². The average Bonchev–Trinajstić information content (AvgIpc) is 3.18. The highest BCUT2D eigenvalue weighted by atomic mass is 16.7. The van der Waals surface area contributed by atoms with Crippen molar-refractivity contribution in [1.82, 2.24) is 0 Å². The number of aliphatic hydroxyl groups excluding tert-OH is 4. The van der Waals surface area contributed by atoms with Gasteiger partial charge in [-0.2, -0.15) is 0 Å². The standard InChI is InChI=1S/C46H84O9/c1-3-5-7-9-11-13-15-17-19-20-21-23-25-27-29-31-33-35-42(48)54-40(39-53-46-45(51)44(50)43(49)41(37-47)55-46)38-52-36-34-32-30-28-26-24-22-18-16-14-12-10-8-6-4-2/h11,13,16-19,40-41,43-47,49-51H,3-10,12,14-15,20-39H2,1-2H3/b13-11-,18-16-,19-17-. The zero-order valence-corrected chi connectivity index (χ0v) is 35.2. The van der Waals surface area contributed by atoms with Crippen LogP contribution in [0.1, 0.15) is 187 Å². The van der Waals surface area contributed by atoms with Gasteiger partial charge in [0.1, 0.15) is 30.5 Å². The fourth-order valence-corrected chi connectivity index (χ4v) is 6.69. The number of rotatable bonds is 38. The molecule has 1 rings (SSSR count). The second kappa shape index (κ2) is 38.0. The fourth-order valence-electron chi connectivity index (χ4n) is 6.69. The molecular weight excluding hydrogens is 696 g/mol. The maximum absolute atomic E-state index is 12.8. The Kier molecular flexibility index (Phi) is 35.5. The van der Waals surface area contributed by atoms with Crippen LogP contribution in [-0.4, -0.2) is 89.6 Å². The van der Waals surface area contributed by atoms with Gasteiger partial charge in [0.15, 0.2) is 6.29 Å². The molecule has 6 atom stereocenters. The van der Waals surface area contributed by atoms with Gasteiger partial charge >= 0.3 is 5.97 Å². The zero-order valence-electron chi connectivity index (χ0n) is 35.2. The molecule has 1 heterocycles. The summed E-state index contributed by atoms with van der Waals surface area (Å²) in [4.78, 5) is 12.8. The number of carbonyl (C=O) groups excluding carboxylic acids is 1. The molecule has 0 bridgehead atoms. The minimum absolute atomic E-state index is 0.118. The Balaban J connectivity index is 2.28. The van der Waals surface area contributed by atoms with Crippen LogP contribution in [0.3, 0.4) is 0 Å². The number of hydrogen-bond donors (Lipinski definition) is 4. The van der Waals surface area contributed by atoms with Crippen LogP contribution in [0, 0.1) is 0 Å². The van der Waals surface area contributed by atoms with Gasteiger partial charge in [0.25, 0.3) is 0 Å². The number of esters is 1. The molecule has 9 nitrogen and oxygen atoms in total. The number of ether oxygens (including phenoxy) is 4. The van der Waals surface area contributed by atoms with Crippen molar-refractivity contribution in [3.8, 4) is 0 Å². The fraction of sp³-hybridized carbons (Fsp3) is 0.848. The molecule has 0 amide bonds. The number of aliphatic hydroxyl groups is 4. The summed E-state index contributed by atoms with van der Waals surface area (Å²) in [6, 6.07) is 0. The first-order chi connectivity index (χ1) is 26.9. The van der Waals surface area contributed by atoms with Gasteiger partial charge in [-0.15, -0.1) is 0 Å². The first kappa shape index (κ1) is 51.4. The third kappa shape index (κ3) is 29.3. The van der Waals surface area contributed by atoms with E-state index in [0.717, 1.165) is 51.4 Å². The molecule has 0 aromatic rings. The van der Waals surface area contributed by atoms with E-state index in [1.165, 1.54) is 116 Å². The molecule has 0 radical (unpaired) electrons. The predicted molar refractivity (Wildman–Crippen MR) is 224 cm³/mol. The summed E-state index contributed by atoms with van der Waals surface area (Å²) in [7, 11) is 0. The van der Waals surface area contributed by atoms with E-state index in [0.29, 0.717) is 13.0 Å². The van der Waals surface area contributed by atoms with Crippen LogP contribution in [0.25, 0.3) is 0 Å². The summed E-state index contributed by atoms with van der Waals surface area (Å²) in [5.41, 5.74) is 0. The normalized spacial score (nSPS) is 21.0. The lowest BCUT2D eigenvalue weighted by Crippen LogP contribution is -2.59. The second-order valence-corrected chi connectivity index (χ2v) is 15.5. The van der Waals surface area contributed by atoms with Crippen molar-refractivity contribution in [3.05, 3.63) is 36.5 Å². The van der Waals surface area contributed by atoms with E-state index in [9.17, 15) is 25.2 Å². The molecule has 322 valence electrons. The Bertz CT molecular complexity index is 936. The monoisotopic (exact) mass is 781 g/mol. The molecule has 9 heteroatoms. The second-order valence-electron chi connectivity index (χ2n) is 15.5. The van der Waals surface area contributed by atoms with Crippen molar-refractivity contribution >= 4 is 5.97 Å². The summed E-state index contributed by atoms with van der Waals surface area (Å²) in [5.74, 6) is -0.324. The van der Waals surface area contributed by atoms with Gasteiger partial charge < -0.3 is 39.4 Å². The van der Waals surface area contributed by atoms with Crippen LogP contribution >= 0.6 is 0 Å². The zero-order chi connectivity index (χ0) is 40.0. The largest absolute Gasteiger partial charge is 0.457 e. The van der Waals surface area contributed by atoms with E-state index in [1.54, 1.807) is 0 Å². The van der Waals surface area contributed by atoms with Crippen molar-refractivity contribution in [1.29, 1.82) is 0 Å². The Morgan fingerprint density at radius 2 is 1.05 bits per heavy atom. The molecule has 0 spiro atoms. The van der Waals surface area contributed by atoms with E-state index in [-0.39, 0.29) is 19.2 Å². The van der Waals surface area contributed by atoms with Crippen LogP contribution in [0.2, 0.25) is 0 Å². The van der Waals surface area contributed by atoms with Crippen LogP contribution < -0.4 is 0 Å². The third-order valence-electron chi connectivity index (χ3n) is 10.3. The van der Waals surface area contributed by atoms with Crippen molar-refractivity contribution in [2.75, 3.05) is 26.4 Å². The van der Waals surface area contributed by atoms with E-state index in [2.05, 4.69) is 50.3 Å². The molecule has 1 aliphatic rings. The Morgan fingerprint density at radius 1 is 0.582 bits per heavy atom. The molecule has 55 heavy (non-hydrogen) atoms. The van der Waals surface area contributed by atoms with Gasteiger partial charge in [-0.25, -0.2) is 0 Å². The topological polar surface area (TPSA) is 135 Å². The Labute approximate surface area is 336 Å². The minimum atomic E-state index is -1.54. The van der Waals surface area contributed by atoms with E-state index in [4.69, 9.17) is 18.9 Å². The lowest BCUT2D eigenvalue weighted by atomic mass is 9.99. The summed E-state index contributed by atoms with van der Waals surface area (Å²) in [6.07, 6.45) is 37.3. The maximum atomic E-state index is 12.8. The lowest BCUT2D eigenvalue weighted by molar-refractivity contribution is -0.305. The number of allylic oxidation sites excluding steroid dienone is 6. The van der Waals surface area contributed by atoms with Gasteiger partial charge in [0, 0.05) is 13.0 Å². The van der Waals surface area contributed by atoms with E-state index in [1.807, 2.05) is 0 Å². The maximum Gasteiger partial charge on any atom is 0.306 e. The van der Waals surface area contributed by atoms with Crippen molar-refractivity contribution < 1.29 is 44.2 Å². The van der Waals surface area contributed by atoms with Gasteiger partial charge in [0.2, 0.25) is 0 Å². The van der Waals surface area contributed by atoms with Gasteiger partial charge in [-0.05, 0) is 70.6 Å². The molecular formula is C46H84O9. The van der Waals surface area contributed by atoms with Crippen molar-refractivity contribution in [2.45, 2.75) is 224 Å². The smallest absolute Gasteiger partial charge is 0.306 e. The quantitative estimate of drug-likeness (QED) is 0.0274. The first-order valence-corrected chi connectivity index (χ1v) is 22.6. The molecule has 0 aromatic carbocycles. The molecule has 0 saturated carbocycles. The number of carbonyl (C=O) groups is 1. The van der Waals surface area contributed by atoms with E-state index < -0.39 is 43.4 Å². The predicted octanol–water partition coefficient (Wildman–Crippen LogP) is 9.97. The van der Waals surface area contributed by atoms with Crippen LogP contribution in [0.15, 0.2) is 36.5 Å². The lowest BCUT2D eigenvalue weighted by Gasteiger charge is -2.39. The summed E-state index contributed by atoms with van der Waals surface area (Å²) < 4.78 is 22.8.